The third-order valence-corrected chi connectivity index (χ3v) is 3.01. The van der Waals surface area contributed by atoms with Crippen LogP contribution >= 0.6 is 11.3 Å². The van der Waals surface area contributed by atoms with E-state index in [4.69, 9.17) is 10.5 Å². The molecular weight excluding hydrogens is 238 g/mol. The number of nitrogens with two attached hydrogens (primary N) is 1. The normalized spacial score (nSPS) is 10.4. The Bertz CT molecular complexity index is 479. The maximum absolute atomic E-state index is 11.6. The average Bonchev–Trinajstić information content (AvgIpc) is 2.97. The van der Waals surface area contributed by atoms with Gasteiger partial charge in [-0.3, -0.25) is 0 Å². The highest BCUT2D eigenvalue weighted by molar-refractivity contribution is 7.09. The molecule has 2 aromatic heterocycles. The van der Waals surface area contributed by atoms with Gasteiger partial charge in [0.1, 0.15) is 6.61 Å². The Kier molecular flexibility index (Phi) is 3.89. The standard InChI is InChI=1S/C11H13N3O2S/c12-3-4-14-6-10(13-8-14)11(15)16-7-9-2-1-5-17-9/h1-2,5-6,8H,3-4,7,12H2. The number of hydrogen-bond acceptors (Lipinski definition) is 5. The summed E-state index contributed by atoms with van der Waals surface area (Å²) in [6.45, 7) is 1.45. The van der Waals surface area contributed by atoms with Crippen molar-refractivity contribution in [2.24, 2.45) is 5.73 Å². The fourth-order valence-electron chi connectivity index (χ4n) is 1.34. The number of carbonyl (C=O) groups is 1. The molecule has 17 heavy (non-hydrogen) atoms. The lowest BCUT2D eigenvalue weighted by Gasteiger charge is -2.00. The molecule has 0 aliphatic heterocycles. The Morgan fingerprint density at radius 3 is 3.18 bits per heavy atom. The highest BCUT2D eigenvalue weighted by Crippen LogP contribution is 2.10. The van der Waals surface area contributed by atoms with Crippen molar-refractivity contribution in [1.29, 1.82) is 0 Å². The highest BCUT2D eigenvalue weighted by Gasteiger charge is 2.11. The molecule has 0 fully saturated rings. The van der Waals surface area contributed by atoms with Crippen LogP contribution in [0, 0.1) is 0 Å². The van der Waals surface area contributed by atoms with Crippen LogP contribution in [0.25, 0.3) is 0 Å². The number of nitrogens with zero attached hydrogens (tertiary/aromatic N) is 2. The van der Waals surface area contributed by atoms with Gasteiger partial charge in [0.25, 0.3) is 0 Å². The fraction of sp³-hybridized carbons (Fsp3) is 0.273. The summed E-state index contributed by atoms with van der Waals surface area (Å²) in [7, 11) is 0. The molecule has 2 N–H and O–H groups in total. The van der Waals surface area contributed by atoms with Gasteiger partial charge < -0.3 is 15.0 Å². The monoisotopic (exact) mass is 251 g/mol. The molecule has 2 aromatic rings. The lowest BCUT2D eigenvalue weighted by molar-refractivity contribution is 0.0470. The first-order chi connectivity index (χ1) is 8.29. The van der Waals surface area contributed by atoms with Crippen LogP contribution in [0.3, 0.4) is 0 Å². The van der Waals surface area contributed by atoms with Gasteiger partial charge >= 0.3 is 5.97 Å². The van der Waals surface area contributed by atoms with Crippen LogP contribution in [-0.2, 0) is 17.9 Å². The van der Waals surface area contributed by atoms with Crippen LogP contribution < -0.4 is 5.73 Å². The number of hydrogen-bond donors (Lipinski definition) is 1. The minimum absolute atomic E-state index is 0.292. The van der Waals surface area contributed by atoms with Gasteiger partial charge in [-0.2, -0.15) is 0 Å². The number of esters is 1. The van der Waals surface area contributed by atoms with Crippen LogP contribution in [-0.4, -0.2) is 22.1 Å². The van der Waals surface area contributed by atoms with Gasteiger partial charge in [-0.25, -0.2) is 9.78 Å². The van der Waals surface area contributed by atoms with Crippen LogP contribution in [0.4, 0.5) is 0 Å². The molecule has 5 nitrogen and oxygen atoms in total. The van der Waals surface area contributed by atoms with E-state index >= 15 is 0 Å². The molecule has 0 spiro atoms. The van der Waals surface area contributed by atoms with E-state index in [1.54, 1.807) is 28.4 Å². The van der Waals surface area contributed by atoms with Crippen molar-refractivity contribution in [3.63, 3.8) is 0 Å². The van der Waals surface area contributed by atoms with Gasteiger partial charge in [-0.15, -0.1) is 11.3 Å². The Balaban J connectivity index is 1.90. The van der Waals surface area contributed by atoms with E-state index in [0.29, 0.717) is 25.4 Å². The topological polar surface area (TPSA) is 70.1 Å². The second-order valence-corrected chi connectivity index (χ2v) is 4.47. The molecule has 0 atom stereocenters. The molecule has 0 aliphatic rings. The number of aromatic nitrogens is 2. The van der Waals surface area contributed by atoms with E-state index in [1.165, 1.54) is 0 Å². The van der Waals surface area contributed by atoms with E-state index in [9.17, 15) is 4.79 Å². The van der Waals surface area contributed by atoms with E-state index in [1.807, 2.05) is 17.5 Å². The van der Waals surface area contributed by atoms with E-state index in [-0.39, 0.29) is 0 Å². The molecule has 0 radical (unpaired) electrons. The van der Waals surface area contributed by atoms with Gasteiger partial charge in [0.05, 0.1) is 6.33 Å². The van der Waals surface area contributed by atoms with Gasteiger partial charge in [0.15, 0.2) is 5.69 Å². The Morgan fingerprint density at radius 2 is 2.47 bits per heavy atom. The zero-order valence-corrected chi connectivity index (χ0v) is 10.0. The number of ether oxygens (including phenoxy) is 1. The summed E-state index contributed by atoms with van der Waals surface area (Å²) in [6.07, 6.45) is 3.22. The summed E-state index contributed by atoms with van der Waals surface area (Å²) in [5, 5.41) is 1.94. The second-order valence-electron chi connectivity index (χ2n) is 3.44. The van der Waals surface area contributed by atoms with Crippen molar-refractivity contribution in [1.82, 2.24) is 9.55 Å². The fourth-order valence-corrected chi connectivity index (χ4v) is 1.96. The van der Waals surface area contributed by atoms with Crippen LogP contribution in [0.2, 0.25) is 0 Å². The smallest absolute Gasteiger partial charge is 0.358 e. The van der Waals surface area contributed by atoms with Crippen LogP contribution in [0.1, 0.15) is 15.4 Å². The predicted molar refractivity (Wildman–Crippen MR) is 64.7 cm³/mol. The molecule has 6 heteroatoms. The van der Waals surface area contributed by atoms with Gasteiger partial charge in [0.2, 0.25) is 0 Å². The minimum Gasteiger partial charge on any atom is -0.455 e. The maximum atomic E-state index is 11.6. The molecule has 0 unspecified atom stereocenters. The predicted octanol–water partition coefficient (Wildman–Crippen LogP) is 1.26. The van der Waals surface area contributed by atoms with Crippen molar-refractivity contribution in [2.45, 2.75) is 13.2 Å². The first kappa shape index (κ1) is 11.8. The minimum atomic E-state index is -0.408. The van der Waals surface area contributed by atoms with Crippen molar-refractivity contribution in [3.8, 4) is 0 Å². The summed E-state index contributed by atoms with van der Waals surface area (Å²) in [6, 6.07) is 3.84. The van der Waals surface area contributed by atoms with Gasteiger partial charge in [-0.1, -0.05) is 6.07 Å². The first-order valence-electron chi connectivity index (χ1n) is 5.21. The maximum Gasteiger partial charge on any atom is 0.358 e. The molecule has 0 aliphatic carbocycles. The zero-order chi connectivity index (χ0) is 12.1. The number of rotatable bonds is 5. The molecule has 2 rings (SSSR count). The number of carbonyl (C=O) groups excluding carboxylic acids is 1. The van der Waals surface area contributed by atoms with Crippen molar-refractivity contribution in [2.75, 3.05) is 6.54 Å². The molecule has 0 aromatic carbocycles. The highest BCUT2D eigenvalue weighted by atomic mass is 32.1. The summed E-state index contributed by atoms with van der Waals surface area (Å²) in [5.74, 6) is -0.408. The quantitative estimate of drug-likeness (QED) is 0.812. The molecular formula is C11H13N3O2S. The van der Waals surface area contributed by atoms with E-state index in [0.717, 1.165) is 4.88 Å². The Hall–Kier alpha value is -1.66. The van der Waals surface area contributed by atoms with Gasteiger partial charge in [-0.05, 0) is 11.4 Å². The van der Waals surface area contributed by atoms with Crippen LogP contribution in [0.5, 0.6) is 0 Å². The number of imidazole rings is 1. The summed E-state index contributed by atoms with van der Waals surface area (Å²) in [5.41, 5.74) is 5.72. The third-order valence-electron chi connectivity index (χ3n) is 2.16. The van der Waals surface area contributed by atoms with E-state index in [2.05, 4.69) is 4.98 Å². The van der Waals surface area contributed by atoms with Crippen LogP contribution in [0.15, 0.2) is 30.0 Å². The van der Waals surface area contributed by atoms with E-state index < -0.39 is 5.97 Å². The molecule has 0 amide bonds. The van der Waals surface area contributed by atoms with Gasteiger partial charge in [0, 0.05) is 24.2 Å². The number of thiophene rings is 1. The lowest BCUT2D eigenvalue weighted by Crippen LogP contribution is -2.08. The molecule has 0 saturated carbocycles. The second kappa shape index (κ2) is 5.60. The molecule has 0 bridgehead atoms. The van der Waals surface area contributed by atoms with Crippen molar-refractivity contribution in [3.05, 3.63) is 40.6 Å². The molecule has 2 heterocycles. The van der Waals surface area contributed by atoms with Crippen molar-refractivity contribution < 1.29 is 9.53 Å². The zero-order valence-electron chi connectivity index (χ0n) is 9.20. The Morgan fingerprint density at radius 1 is 1.59 bits per heavy atom. The molecule has 90 valence electrons. The third kappa shape index (κ3) is 3.15. The summed E-state index contributed by atoms with van der Waals surface area (Å²) < 4.78 is 6.89. The Labute approximate surface area is 103 Å². The summed E-state index contributed by atoms with van der Waals surface area (Å²) >= 11 is 1.55. The average molecular weight is 251 g/mol. The summed E-state index contributed by atoms with van der Waals surface area (Å²) in [4.78, 5) is 16.6. The first-order valence-corrected chi connectivity index (χ1v) is 6.09. The molecule has 0 saturated heterocycles. The SMILES string of the molecule is NCCn1cnc(C(=O)OCc2cccs2)c1. The van der Waals surface area contributed by atoms with Crippen molar-refractivity contribution >= 4 is 17.3 Å². The largest absolute Gasteiger partial charge is 0.455 e. The lowest BCUT2D eigenvalue weighted by atomic mass is 10.4.